The number of aryl methyl sites for hydroxylation is 1. The lowest BCUT2D eigenvalue weighted by Gasteiger charge is -2.40. The molecule has 0 saturated heterocycles. The maximum absolute atomic E-state index is 13.7. The zero-order valence-corrected chi connectivity index (χ0v) is 17.7. The summed E-state index contributed by atoms with van der Waals surface area (Å²) in [6, 6.07) is 4.59. The van der Waals surface area contributed by atoms with E-state index in [4.69, 9.17) is 0 Å². The molecule has 0 bridgehead atoms. The maximum atomic E-state index is 13.7. The number of nitrogens with one attached hydrogen (secondary N) is 1. The van der Waals surface area contributed by atoms with E-state index in [0.717, 1.165) is 24.3 Å². The molecule has 1 aromatic rings. The molecule has 1 N–H and O–H groups in total. The predicted octanol–water partition coefficient (Wildman–Crippen LogP) is 5.30. The molecule has 8 heteroatoms. The summed E-state index contributed by atoms with van der Waals surface area (Å²) >= 11 is 0. The van der Waals surface area contributed by atoms with Crippen LogP contribution in [-0.4, -0.2) is 31.8 Å². The second kappa shape index (κ2) is 9.07. The second-order valence-corrected chi connectivity index (χ2v) is 8.99. The van der Waals surface area contributed by atoms with Gasteiger partial charge in [0.15, 0.2) is 0 Å². The fraction of sp³-hybridized carbons (Fsp3) is 0.429. The third kappa shape index (κ3) is 6.13. The van der Waals surface area contributed by atoms with E-state index in [2.05, 4.69) is 11.3 Å². The van der Waals surface area contributed by atoms with Crippen molar-refractivity contribution in [1.29, 1.82) is 0 Å². The normalized spacial score (nSPS) is 17.6. The number of hydrogen-bond donors (Lipinski definition) is 1. The van der Waals surface area contributed by atoms with E-state index in [0.29, 0.717) is 29.7 Å². The molecule has 1 aliphatic heterocycles. The average molecular weight is 429 g/mol. The third-order valence-electron chi connectivity index (χ3n) is 4.74. The number of alkyl halides is 3. The number of sulfonamides is 1. The molecule has 0 amide bonds. The van der Waals surface area contributed by atoms with Gasteiger partial charge in [0, 0.05) is 6.54 Å². The highest BCUT2D eigenvalue weighted by Crippen LogP contribution is 2.38. The summed E-state index contributed by atoms with van der Waals surface area (Å²) in [4.78, 5) is 1.40. The van der Waals surface area contributed by atoms with E-state index in [9.17, 15) is 21.6 Å². The van der Waals surface area contributed by atoms with Crippen molar-refractivity contribution < 1.29 is 21.6 Å². The Hall–Kier alpha value is -2.22. The van der Waals surface area contributed by atoms with Crippen molar-refractivity contribution in [3.8, 4) is 0 Å². The van der Waals surface area contributed by atoms with Crippen molar-refractivity contribution in [3.63, 3.8) is 0 Å². The van der Waals surface area contributed by atoms with Crippen LogP contribution in [0.1, 0.15) is 37.3 Å². The molecule has 4 nitrogen and oxygen atoms in total. The Morgan fingerprint density at radius 3 is 2.48 bits per heavy atom. The monoisotopic (exact) mass is 428 g/mol. The first-order chi connectivity index (χ1) is 13.5. The molecule has 160 valence electrons. The minimum Gasteiger partial charge on any atom is -0.356 e. The quantitative estimate of drug-likeness (QED) is 0.572. The van der Waals surface area contributed by atoms with Crippen LogP contribution >= 0.6 is 0 Å². The molecule has 1 aromatic carbocycles. The van der Waals surface area contributed by atoms with Crippen molar-refractivity contribution in [1.82, 2.24) is 4.90 Å². The SMILES string of the molecule is C=CCC1=CC=C(C(F)(F)F)N(Cc2ccc(NS(C)(=O)=O)c(C)c2)C1CCC. The number of allylic oxidation sites excluding steroid dienone is 4. The molecule has 0 aliphatic carbocycles. The Morgan fingerprint density at radius 2 is 1.97 bits per heavy atom. The molecular weight excluding hydrogens is 401 g/mol. The highest BCUT2D eigenvalue weighted by atomic mass is 32.2. The van der Waals surface area contributed by atoms with E-state index in [1.165, 1.54) is 4.90 Å². The van der Waals surface area contributed by atoms with Crippen LogP contribution in [0.15, 0.2) is 54.3 Å². The summed E-state index contributed by atoms with van der Waals surface area (Å²) in [7, 11) is -3.43. The van der Waals surface area contributed by atoms with Gasteiger partial charge in [-0.15, -0.1) is 6.58 Å². The molecule has 0 saturated carbocycles. The summed E-state index contributed by atoms with van der Waals surface area (Å²) in [5.41, 5.74) is 1.98. The van der Waals surface area contributed by atoms with E-state index >= 15 is 0 Å². The molecule has 0 fully saturated rings. The van der Waals surface area contributed by atoms with Crippen LogP contribution in [0.25, 0.3) is 0 Å². The van der Waals surface area contributed by atoms with Crippen LogP contribution < -0.4 is 4.72 Å². The van der Waals surface area contributed by atoms with Gasteiger partial charge >= 0.3 is 6.18 Å². The van der Waals surface area contributed by atoms with Crippen molar-refractivity contribution >= 4 is 15.7 Å². The Bertz CT molecular complexity index is 918. The van der Waals surface area contributed by atoms with Gasteiger partial charge in [0.05, 0.1) is 18.0 Å². The summed E-state index contributed by atoms with van der Waals surface area (Å²) in [6.45, 7) is 7.46. The molecule has 0 aromatic heterocycles. The number of rotatable bonds is 8. The van der Waals surface area contributed by atoms with E-state index in [1.807, 2.05) is 6.92 Å². The summed E-state index contributed by atoms with van der Waals surface area (Å²) in [5, 5.41) is 0. The lowest BCUT2D eigenvalue weighted by molar-refractivity contribution is -0.116. The lowest BCUT2D eigenvalue weighted by Crippen LogP contribution is -2.42. The second-order valence-electron chi connectivity index (χ2n) is 7.24. The molecule has 0 radical (unpaired) electrons. The average Bonchev–Trinajstić information content (AvgIpc) is 2.58. The molecule has 1 heterocycles. The molecule has 1 atom stereocenters. The largest absolute Gasteiger partial charge is 0.431 e. The van der Waals surface area contributed by atoms with E-state index in [-0.39, 0.29) is 12.6 Å². The van der Waals surface area contributed by atoms with Gasteiger partial charge < -0.3 is 4.90 Å². The summed E-state index contributed by atoms with van der Waals surface area (Å²) in [6.07, 6.45) is 2.86. The zero-order chi connectivity index (χ0) is 21.8. The van der Waals surface area contributed by atoms with Crippen LogP contribution in [-0.2, 0) is 16.6 Å². The Kier molecular flexibility index (Phi) is 7.21. The number of nitrogens with zero attached hydrogens (tertiary/aromatic N) is 1. The van der Waals surface area contributed by atoms with Gasteiger partial charge in [0.25, 0.3) is 0 Å². The fourth-order valence-electron chi connectivity index (χ4n) is 3.53. The highest BCUT2D eigenvalue weighted by Gasteiger charge is 2.41. The Morgan fingerprint density at radius 1 is 1.28 bits per heavy atom. The first kappa shape index (κ1) is 23.1. The van der Waals surface area contributed by atoms with Gasteiger partial charge in [-0.2, -0.15) is 13.2 Å². The Labute approximate surface area is 170 Å². The van der Waals surface area contributed by atoms with Crippen molar-refractivity contribution in [2.24, 2.45) is 0 Å². The minimum atomic E-state index is -4.46. The number of benzene rings is 1. The van der Waals surface area contributed by atoms with Gasteiger partial charge in [-0.25, -0.2) is 8.42 Å². The van der Waals surface area contributed by atoms with Gasteiger partial charge in [-0.3, -0.25) is 4.72 Å². The standard InChI is InChI=1S/C21H27F3N2O2S/c1-5-7-17-10-12-20(21(22,23)24)26(19(17)8-6-2)14-16-9-11-18(15(3)13-16)25-29(4,27)28/h5,9-13,19,25H,1,6-8,14H2,2-4H3. The van der Waals surface area contributed by atoms with Crippen molar-refractivity contribution in [3.05, 3.63) is 65.4 Å². The first-order valence-electron chi connectivity index (χ1n) is 9.39. The molecular formula is C21H27F3N2O2S. The van der Waals surface area contributed by atoms with E-state index < -0.39 is 21.9 Å². The zero-order valence-electron chi connectivity index (χ0n) is 16.9. The first-order valence-corrected chi connectivity index (χ1v) is 11.3. The van der Waals surface area contributed by atoms with E-state index in [1.54, 1.807) is 37.3 Å². The molecule has 2 rings (SSSR count). The van der Waals surface area contributed by atoms with Gasteiger partial charge in [0.2, 0.25) is 10.0 Å². The molecule has 1 unspecified atom stereocenters. The van der Waals surface area contributed by atoms with Crippen molar-refractivity contribution in [2.45, 2.75) is 51.9 Å². The van der Waals surface area contributed by atoms with Crippen LogP contribution in [0.5, 0.6) is 0 Å². The van der Waals surface area contributed by atoms with Crippen LogP contribution in [0.4, 0.5) is 18.9 Å². The smallest absolute Gasteiger partial charge is 0.356 e. The Balaban J connectivity index is 2.40. The van der Waals surface area contributed by atoms with Gasteiger partial charge in [0.1, 0.15) is 5.70 Å². The van der Waals surface area contributed by atoms with Crippen LogP contribution in [0.3, 0.4) is 0 Å². The minimum absolute atomic E-state index is 0.0739. The fourth-order valence-corrected chi connectivity index (χ4v) is 4.16. The van der Waals surface area contributed by atoms with Gasteiger partial charge in [-0.05, 0) is 48.6 Å². The highest BCUT2D eigenvalue weighted by molar-refractivity contribution is 7.92. The number of halogens is 3. The number of hydrogen-bond acceptors (Lipinski definition) is 3. The molecule has 29 heavy (non-hydrogen) atoms. The van der Waals surface area contributed by atoms with Crippen LogP contribution in [0, 0.1) is 6.92 Å². The number of anilines is 1. The molecule has 1 aliphatic rings. The molecule has 0 spiro atoms. The third-order valence-corrected chi connectivity index (χ3v) is 5.33. The maximum Gasteiger partial charge on any atom is 0.431 e. The van der Waals surface area contributed by atoms with Crippen molar-refractivity contribution in [2.75, 3.05) is 11.0 Å². The summed E-state index contributed by atoms with van der Waals surface area (Å²) < 4.78 is 66.5. The van der Waals surface area contributed by atoms with Gasteiger partial charge in [-0.1, -0.05) is 37.6 Å². The lowest BCUT2D eigenvalue weighted by atomic mass is 9.92. The predicted molar refractivity (Wildman–Crippen MR) is 111 cm³/mol. The van der Waals surface area contributed by atoms with Crippen LogP contribution in [0.2, 0.25) is 0 Å². The summed E-state index contributed by atoms with van der Waals surface area (Å²) in [5.74, 6) is 0. The topological polar surface area (TPSA) is 49.4 Å².